The molecule has 1 rings (SSSR count). The van der Waals surface area contributed by atoms with Gasteiger partial charge in [0.1, 0.15) is 6.04 Å². The van der Waals surface area contributed by atoms with Crippen molar-refractivity contribution in [3.63, 3.8) is 0 Å². The van der Waals surface area contributed by atoms with Crippen LogP contribution >= 0.6 is 0 Å². The second-order valence-corrected chi connectivity index (χ2v) is 9.01. The molecule has 0 aliphatic heterocycles. The molecule has 1 radical (unpaired) electrons. The Kier molecular flexibility index (Phi) is 10.6. The van der Waals surface area contributed by atoms with Gasteiger partial charge in [-0.3, -0.25) is 15.0 Å². The molecule has 0 saturated carbocycles. The van der Waals surface area contributed by atoms with Gasteiger partial charge in [0.2, 0.25) is 5.91 Å². The largest absolute Gasteiger partial charge is 0.352 e. The number of amides is 2. The lowest BCUT2D eigenvalue weighted by Crippen LogP contribution is -2.46. The topological polar surface area (TPSA) is 149 Å². The summed E-state index contributed by atoms with van der Waals surface area (Å²) in [6.07, 6.45) is 1.41. The highest BCUT2D eigenvalue weighted by molar-refractivity contribution is 5.97. The van der Waals surface area contributed by atoms with Crippen molar-refractivity contribution in [1.29, 1.82) is 5.41 Å². The average molecular weight is 448 g/mol. The number of hydrazine groups is 1. The number of nitrogens with zero attached hydrogens (tertiary/aromatic N) is 1. The van der Waals surface area contributed by atoms with Crippen molar-refractivity contribution < 1.29 is 14.6 Å². The molecule has 0 unspecified atom stereocenters. The van der Waals surface area contributed by atoms with Crippen molar-refractivity contribution in [3.05, 3.63) is 52.1 Å². The quantitative estimate of drug-likeness (QED) is 0.116. The van der Waals surface area contributed by atoms with E-state index in [0.29, 0.717) is 30.7 Å². The first-order chi connectivity index (χ1) is 14.9. The van der Waals surface area contributed by atoms with Gasteiger partial charge in [0.05, 0.1) is 0 Å². The molecule has 1 aromatic rings. The van der Waals surface area contributed by atoms with Gasteiger partial charge < -0.3 is 16.0 Å². The third-order valence-corrected chi connectivity index (χ3v) is 4.64. The maximum atomic E-state index is 12.7. The summed E-state index contributed by atoms with van der Waals surface area (Å²) in [5.74, 6) is -0.743. The maximum Gasteiger partial charge on any atom is 0.251 e. The highest BCUT2D eigenvalue weighted by atomic mass is 16.7. The van der Waals surface area contributed by atoms with Crippen LogP contribution in [0.2, 0.25) is 0 Å². The lowest BCUT2D eigenvalue weighted by Gasteiger charge is -2.20. The van der Waals surface area contributed by atoms with E-state index in [2.05, 4.69) is 36.7 Å². The van der Waals surface area contributed by atoms with Gasteiger partial charge in [-0.2, -0.15) is 0 Å². The van der Waals surface area contributed by atoms with Crippen LogP contribution in [-0.2, 0) is 10.2 Å². The van der Waals surface area contributed by atoms with E-state index in [-0.39, 0.29) is 23.8 Å². The van der Waals surface area contributed by atoms with Gasteiger partial charge in [-0.1, -0.05) is 52.2 Å². The fourth-order valence-corrected chi connectivity index (χ4v) is 2.78. The summed E-state index contributed by atoms with van der Waals surface area (Å²) in [7, 11) is 0. The van der Waals surface area contributed by atoms with Gasteiger partial charge in [0.15, 0.2) is 5.03 Å². The third kappa shape index (κ3) is 10.2. The van der Waals surface area contributed by atoms with Crippen LogP contribution in [0.3, 0.4) is 0 Å². The van der Waals surface area contributed by atoms with E-state index in [4.69, 9.17) is 5.41 Å². The molecule has 177 valence electrons. The number of rotatable bonds is 11. The highest BCUT2D eigenvalue weighted by Crippen LogP contribution is 2.22. The summed E-state index contributed by atoms with van der Waals surface area (Å²) in [6.45, 7) is 12.2. The lowest BCUT2D eigenvalue weighted by molar-refractivity contribution is -0.525. The van der Waals surface area contributed by atoms with E-state index in [1.807, 2.05) is 26.0 Å². The summed E-state index contributed by atoms with van der Waals surface area (Å²) in [4.78, 5) is 35.7. The molecule has 0 bridgehead atoms. The average Bonchev–Trinajstić information content (AvgIpc) is 2.68. The molecule has 2 amide bonds. The van der Waals surface area contributed by atoms with Crippen molar-refractivity contribution in [2.45, 2.75) is 65.3 Å². The first-order valence-corrected chi connectivity index (χ1v) is 10.7. The minimum absolute atomic E-state index is 0.0333. The van der Waals surface area contributed by atoms with E-state index in [1.54, 1.807) is 24.1 Å². The minimum atomic E-state index is -0.832. The Hall–Kier alpha value is -3.17. The first kappa shape index (κ1) is 26.9. The van der Waals surface area contributed by atoms with Crippen LogP contribution in [-0.4, -0.2) is 35.4 Å². The monoisotopic (exact) mass is 447 g/mol. The van der Waals surface area contributed by atoms with Gasteiger partial charge in [-0.05, 0) is 48.3 Å². The first-order valence-electron chi connectivity index (χ1n) is 10.7. The molecule has 0 aliphatic carbocycles. The van der Waals surface area contributed by atoms with Crippen molar-refractivity contribution in [3.8, 4) is 0 Å². The summed E-state index contributed by atoms with van der Waals surface area (Å²) in [6, 6.07) is 6.49. The van der Waals surface area contributed by atoms with Gasteiger partial charge in [-0.15, -0.1) is 0 Å². The third-order valence-electron chi connectivity index (χ3n) is 4.64. The molecule has 0 saturated heterocycles. The van der Waals surface area contributed by atoms with Crippen molar-refractivity contribution in [2.75, 3.05) is 6.54 Å². The Labute approximate surface area is 189 Å². The van der Waals surface area contributed by atoms with Crippen molar-refractivity contribution in [1.82, 2.24) is 21.4 Å². The Morgan fingerprint density at radius 2 is 1.81 bits per heavy atom. The van der Waals surface area contributed by atoms with Gasteiger partial charge in [-0.25, -0.2) is 10.1 Å². The van der Waals surface area contributed by atoms with Gasteiger partial charge >= 0.3 is 0 Å². The van der Waals surface area contributed by atoms with Gasteiger partial charge in [0, 0.05) is 18.7 Å². The number of hydrogen-bond acceptors (Lipinski definition) is 5. The highest BCUT2D eigenvalue weighted by Gasteiger charge is 2.22. The van der Waals surface area contributed by atoms with Crippen LogP contribution in [0, 0.1) is 28.0 Å². The number of carbonyl (C=O) groups excluding carboxylic acids is 2. The zero-order valence-corrected chi connectivity index (χ0v) is 19.5. The van der Waals surface area contributed by atoms with E-state index in [0.717, 1.165) is 5.56 Å². The molecule has 1 atom stereocenters. The zero-order valence-electron chi connectivity index (χ0n) is 19.5. The van der Waals surface area contributed by atoms with Crippen molar-refractivity contribution in [2.24, 2.45) is 5.92 Å². The molecule has 0 fully saturated rings. The van der Waals surface area contributed by atoms with Crippen LogP contribution < -0.4 is 21.4 Å². The number of benzene rings is 1. The molecule has 32 heavy (non-hydrogen) atoms. The van der Waals surface area contributed by atoms with Crippen LogP contribution in [0.1, 0.15) is 69.8 Å². The summed E-state index contributed by atoms with van der Waals surface area (Å²) in [5.41, 5.74) is 3.22. The molecule has 5 N–H and O–H groups in total. The molecule has 1 aromatic carbocycles. The second-order valence-electron chi connectivity index (χ2n) is 9.01. The van der Waals surface area contributed by atoms with E-state index in [1.165, 1.54) is 0 Å². The second kappa shape index (κ2) is 12.6. The standard InChI is InChI=1S/C22H35N6O4/c1-15(2)12-14-24-20(30)18(7-6-13-25-21(23)27-28(31)32)26-19(29)16-8-10-17(11-9-16)22(3,4)5/h8-11,14-15,18H,6-7,12-13H2,1-5H3,(H,24,30)(H,26,29)(H3,23,25,27)/t18-/m0/s1. The molecular formula is C22H35N6O4. The fourth-order valence-electron chi connectivity index (χ4n) is 2.78. The number of nitro groups is 1. The normalized spacial score (nSPS) is 12.1. The molecule has 10 nitrogen and oxygen atoms in total. The predicted octanol–water partition coefficient (Wildman–Crippen LogP) is 2.49. The van der Waals surface area contributed by atoms with Crippen LogP contribution in [0.5, 0.6) is 0 Å². The summed E-state index contributed by atoms with van der Waals surface area (Å²) < 4.78 is 0. The van der Waals surface area contributed by atoms with Gasteiger partial charge in [0.25, 0.3) is 11.9 Å². The molecule has 0 aliphatic rings. The Bertz CT molecular complexity index is 787. The Morgan fingerprint density at radius 3 is 2.34 bits per heavy atom. The maximum absolute atomic E-state index is 12.7. The van der Waals surface area contributed by atoms with Crippen LogP contribution in [0.25, 0.3) is 0 Å². The number of guanidine groups is 1. The Morgan fingerprint density at radius 1 is 1.19 bits per heavy atom. The summed E-state index contributed by atoms with van der Waals surface area (Å²) in [5, 5.41) is 24.9. The van der Waals surface area contributed by atoms with Crippen LogP contribution in [0.15, 0.2) is 24.3 Å². The minimum Gasteiger partial charge on any atom is -0.352 e. The molecular weight excluding hydrogens is 412 g/mol. The lowest BCUT2D eigenvalue weighted by atomic mass is 9.86. The SMILES string of the molecule is CC(C)C[CH]NC(=O)[C@H](CCCNC(=N)N[N+](=O)[O-])NC(=O)c1ccc(C(C)(C)C)cc1. The molecule has 0 heterocycles. The zero-order chi connectivity index (χ0) is 24.3. The summed E-state index contributed by atoms with van der Waals surface area (Å²) >= 11 is 0. The number of nitrogens with one attached hydrogen (secondary N) is 5. The smallest absolute Gasteiger partial charge is 0.251 e. The van der Waals surface area contributed by atoms with E-state index in [9.17, 15) is 19.7 Å². The van der Waals surface area contributed by atoms with Crippen molar-refractivity contribution >= 4 is 17.8 Å². The van der Waals surface area contributed by atoms with E-state index >= 15 is 0 Å². The molecule has 0 aromatic heterocycles. The van der Waals surface area contributed by atoms with E-state index < -0.39 is 17.0 Å². The molecule has 10 heteroatoms. The Balaban J connectivity index is 2.74. The number of hydrogen-bond donors (Lipinski definition) is 5. The fraction of sp³-hybridized carbons (Fsp3) is 0.545. The number of carbonyl (C=O) groups is 2. The van der Waals surface area contributed by atoms with Crippen LogP contribution in [0.4, 0.5) is 0 Å². The molecule has 0 spiro atoms. The predicted molar refractivity (Wildman–Crippen MR) is 123 cm³/mol.